The fraction of sp³-hybridized carbons (Fsp3) is 0.538. The maximum absolute atomic E-state index is 11.5. The Morgan fingerprint density at radius 2 is 2.29 bits per heavy atom. The molecule has 0 radical (unpaired) electrons. The quantitative estimate of drug-likeness (QED) is 0.789. The minimum Gasteiger partial charge on any atom is -0.358 e. The number of hydrogen-bond donors (Lipinski definition) is 0. The SMILES string of the molecule is Cc1ccc(N(C)CCN2CCCC2=O)nc1. The number of nitrogens with zero attached hydrogens (tertiary/aromatic N) is 3. The predicted octanol–water partition coefficient (Wildman–Crippen LogP) is 1.45. The molecule has 0 bridgehead atoms. The van der Waals surface area contributed by atoms with Gasteiger partial charge in [0.2, 0.25) is 5.91 Å². The van der Waals surface area contributed by atoms with E-state index in [1.807, 2.05) is 31.1 Å². The highest BCUT2D eigenvalue weighted by Gasteiger charge is 2.19. The van der Waals surface area contributed by atoms with Crippen LogP contribution in [-0.2, 0) is 4.79 Å². The molecule has 0 N–H and O–H groups in total. The van der Waals surface area contributed by atoms with E-state index >= 15 is 0 Å². The van der Waals surface area contributed by atoms with Crippen LogP contribution in [0.4, 0.5) is 5.82 Å². The van der Waals surface area contributed by atoms with Crippen molar-refractivity contribution in [1.29, 1.82) is 0 Å². The number of hydrogen-bond acceptors (Lipinski definition) is 3. The molecule has 2 heterocycles. The lowest BCUT2D eigenvalue weighted by molar-refractivity contribution is -0.127. The molecule has 0 unspecified atom stereocenters. The third-order valence-corrected chi connectivity index (χ3v) is 3.16. The molecular formula is C13H19N3O. The van der Waals surface area contributed by atoms with Gasteiger partial charge in [0.1, 0.15) is 5.82 Å². The van der Waals surface area contributed by atoms with Gasteiger partial charge in [0, 0.05) is 39.3 Å². The molecule has 2 rings (SSSR count). The topological polar surface area (TPSA) is 36.4 Å². The molecule has 1 saturated heterocycles. The molecule has 4 nitrogen and oxygen atoms in total. The van der Waals surface area contributed by atoms with Gasteiger partial charge < -0.3 is 9.80 Å². The molecule has 0 atom stereocenters. The third-order valence-electron chi connectivity index (χ3n) is 3.16. The van der Waals surface area contributed by atoms with E-state index in [1.54, 1.807) is 0 Å². The van der Waals surface area contributed by atoms with Gasteiger partial charge >= 0.3 is 0 Å². The van der Waals surface area contributed by atoms with Crippen LogP contribution < -0.4 is 4.90 Å². The number of carbonyl (C=O) groups excluding carboxylic acids is 1. The number of aryl methyl sites for hydroxylation is 1. The third kappa shape index (κ3) is 2.96. The van der Waals surface area contributed by atoms with E-state index in [-0.39, 0.29) is 5.91 Å². The lowest BCUT2D eigenvalue weighted by atomic mass is 10.3. The number of likely N-dealkylation sites (tertiary alicyclic amines) is 1. The van der Waals surface area contributed by atoms with Crippen molar-refractivity contribution in [3.63, 3.8) is 0 Å². The predicted molar refractivity (Wildman–Crippen MR) is 68.1 cm³/mol. The van der Waals surface area contributed by atoms with Gasteiger partial charge in [0.15, 0.2) is 0 Å². The van der Waals surface area contributed by atoms with Gasteiger partial charge in [-0.2, -0.15) is 0 Å². The van der Waals surface area contributed by atoms with Crippen molar-refractivity contribution in [1.82, 2.24) is 9.88 Å². The molecule has 0 spiro atoms. The maximum Gasteiger partial charge on any atom is 0.222 e. The first-order valence-electron chi connectivity index (χ1n) is 6.08. The molecule has 0 aromatic carbocycles. The second kappa shape index (κ2) is 5.17. The molecule has 4 heteroatoms. The average molecular weight is 233 g/mol. The van der Waals surface area contributed by atoms with Gasteiger partial charge in [-0.15, -0.1) is 0 Å². The Bertz CT molecular complexity index is 388. The van der Waals surface area contributed by atoms with E-state index in [9.17, 15) is 4.79 Å². The summed E-state index contributed by atoms with van der Waals surface area (Å²) < 4.78 is 0. The Balaban J connectivity index is 1.86. The Morgan fingerprint density at radius 3 is 2.88 bits per heavy atom. The number of amides is 1. The normalized spacial score (nSPS) is 15.4. The first-order chi connectivity index (χ1) is 8.16. The van der Waals surface area contributed by atoms with Gasteiger partial charge in [-0.05, 0) is 25.0 Å². The van der Waals surface area contributed by atoms with E-state index in [1.165, 1.54) is 0 Å². The highest BCUT2D eigenvalue weighted by Crippen LogP contribution is 2.11. The molecule has 1 fully saturated rings. The van der Waals surface area contributed by atoms with Crippen LogP contribution in [0.1, 0.15) is 18.4 Å². The van der Waals surface area contributed by atoms with Crippen LogP contribution >= 0.6 is 0 Å². The van der Waals surface area contributed by atoms with E-state index in [2.05, 4.69) is 16.0 Å². The Labute approximate surface area is 102 Å². The summed E-state index contributed by atoms with van der Waals surface area (Å²) in [6.07, 6.45) is 3.59. The summed E-state index contributed by atoms with van der Waals surface area (Å²) in [6, 6.07) is 4.07. The highest BCUT2D eigenvalue weighted by atomic mass is 16.2. The van der Waals surface area contributed by atoms with Crippen molar-refractivity contribution in [3.8, 4) is 0 Å². The van der Waals surface area contributed by atoms with Crippen molar-refractivity contribution < 1.29 is 4.79 Å². The summed E-state index contributed by atoms with van der Waals surface area (Å²) in [6.45, 7) is 4.57. The molecule has 1 aromatic rings. The van der Waals surface area contributed by atoms with Crippen LogP contribution in [0.2, 0.25) is 0 Å². The molecule has 1 aliphatic rings. The van der Waals surface area contributed by atoms with Crippen molar-refractivity contribution in [2.75, 3.05) is 31.6 Å². The van der Waals surface area contributed by atoms with E-state index in [0.717, 1.165) is 37.4 Å². The maximum atomic E-state index is 11.5. The average Bonchev–Trinajstić information content (AvgIpc) is 2.73. The molecule has 1 aromatic heterocycles. The zero-order chi connectivity index (χ0) is 12.3. The summed E-state index contributed by atoms with van der Waals surface area (Å²) in [5.41, 5.74) is 1.16. The zero-order valence-electron chi connectivity index (χ0n) is 10.5. The van der Waals surface area contributed by atoms with Gasteiger partial charge in [-0.25, -0.2) is 4.98 Å². The lowest BCUT2D eigenvalue weighted by Crippen LogP contribution is -2.34. The number of likely N-dealkylation sites (N-methyl/N-ethyl adjacent to an activating group) is 1. The zero-order valence-corrected chi connectivity index (χ0v) is 10.5. The Morgan fingerprint density at radius 1 is 1.47 bits per heavy atom. The van der Waals surface area contributed by atoms with Crippen molar-refractivity contribution in [3.05, 3.63) is 23.9 Å². The summed E-state index contributed by atoms with van der Waals surface area (Å²) in [7, 11) is 2.01. The summed E-state index contributed by atoms with van der Waals surface area (Å²) in [5, 5.41) is 0. The molecular weight excluding hydrogens is 214 g/mol. The van der Waals surface area contributed by atoms with Gasteiger partial charge in [0.25, 0.3) is 0 Å². The van der Waals surface area contributed by atoms with Crippen LogP contribution in [0, 0.1) is 6.92 Å². The number of rotatable bonds is 4. The van der Waals surface area contributed by atoms with Gasteiger partial charge in [-0.1, -0.05) is 6.07 Å². The Hall–Kier alpha value is -1.58. The smallest absolute Gasteiger partial charge is 0.222 e. The lowest BCUT2D eigenvalue weighted by Gasteiger charge is -2.22. The Kier molecular flexibility index (Phi) is 3.61. The molecule has 1 aliphatic heterocycles. The number of aromatic nitrogens is 1. The summed E-state index contributed by atoms with van der Waals surface area (Å²) >= 11 is 0. The minimum atomic E-state index is 0.287. The number of anilines is 1. The largest absolute Gasteiger partial charge is 0.358 e. The standard InChI is InChI=1S/C13H19N3O/c1-11-5-6-12(14-10-11)15(2)8-9-16-7-3-4-13(16)17/h5-6,10H,3-4,7-9H2,1-2H3. The molecule has 92 valence electrons. The number of carbonyl (C=O) groups is 1. The molecule has 0 saturated carbocycles. The monoisotopic (exact) mass is 233 g/mol. The summed E-state index contributed by atoms with van der Waals surface area (Å²) in [4.78, 5) is 19.8. The van der Waals surface area contributed by atoms with Crippen LogP contribution in [-0.4, -0.2) is 42.5 Å². The van der Waals surface area contributed by atoms with Crippen molar-refractivity contribution in [2.45, 2.75) is 19.8 Å². The molecule has 0 aliphatic carbocycles. The molecule has 1 amide bonds. The van der Waals surface area contributed by atoms with Gasteiger partial charge in [0.05, 0.1) is 0 Å². The highest BCUT2D eigenvalue weighted by molar-refractivity contribution is 5.78. The van der Waals surface area contributed by atoms with E-state index < -0.39 is 0 Å². The minimum absolute atomic E-state index is 0.287. The van der Waals surface area contributed by atoms with Crippen molar-refractivity contribution >= 4 is 11.7 Å². The van der Waals surface area contributed by atoms with Crippen LogP contribution in [0.3, 0.4) is 0 Å². The van der Waals surface area contributed by atoms with E-state index in [0.29, 0.717) is 6.42 Å². The van der Waals surface area contributed by atoms with Crippen LogP contribution in [0.5, 0.6) is 0 Å². The van der Waals surface area contributed by atoms with Crippen molar-refractivity contribution in [2.24, 2.45) is 0 Å². The summed E-state index contributed by atoms with van der Waals surface area (Å²) in [5.74, 6) is 1.25. The van der Waals surface area contributed by atoms with E-state index in [4.69, 9.17) is 0 Å². The number of pyridine rings is 1. The van der Waals surface area contributed by atoms with Gasteiger partial charge in [-0.3, -0.25) is 4.79 Å². The first-order valence-corrected chi connectivity index (χ1v) is 6.08. The first kappa shape index (κ1) is 11.9. The second-order valence-corrected chi connectivity index (χ2v) is 4.60. The fourth-order valence-electron chi connectivity index (χ4n) is 2.01. The molecule has 17 heavy (non-hydrogen) atoms. The fourth-order valence-corrected chi connectivity index (χ4v) is 2.01. The van der Waals surface area contributed by atoms with Crippen LogP contribution in [0.15, 0.2) is 18.3 Å². The second-order valence-electron chi connectivity index (χ2n) is 4.60. The van der Waals surface area contributed by atoms with Crippen LogP contribution in [0.25, 0.3) is 0 Å².